The number of carbonyl (C=O) groups excluding carboxylic acids is 2. The maximum absolute atomic E-state index is 11.9. The van der Waals surface area contributed by atoms with Crippen LogP contribution in [0.5, 0.6) is 0 Å². The van der Waals surface area contributed by atoms with E-state index in [9.17, 15) is 22.8 Å². The van der Waals surface area contributed by atoms with Gasteiger partial charge in [-0.25, -0.2) is 4.79 Å². The van der Waals surface area contributed by atoms with Crippen LogP contribution in [0.25, 0.3) is 0 Å². The highest BCUT2D eigenvalue weighted by Gasteiger charge is 2.28. The SMILES string of the molecule is CCC(C)C(NC(=O)CNCC(F)(F)F)C(=O)OC. The first-order valence-corrected chi connectivity index (χ1v) is 5.86. The fraction of sp³-hybridized carbons (Fsp3) is 0.818. The first-order valence-electron chi connectivity index (χ1n) is 5.86. The van der Waals surface area contributed by atoms with Gasteiger partial charge in [0.1, 0.15) is 6.04 Å². The number of rotatable bonds is 7. The summed E-state index contributed by atoms with van der Waals surface area (Å²) in [7, 11) is 1.19. The third-order valence-electron chi connectivity index (χ3n) is 2.60. The molecule has 0 aromatic rings. The molecule has 1 amide bonds. The lowest BCUT2D eigenvalue weighted by Gasteiger charge is -2.22. The topological polar surface area (TPSA) is 67.4 Å². The van der Waals surface area contributed by atoms with Gasteiger partial charge in [0.05, 0.1) is 20.2 Å². The van der Waals surface area contributed by atoms with Gasteiger partial charge in [-0.2, -0.15) is 13.2 Å². The minimum absolute atomic E-state index is 0.168. The van der Waals surface area contributed by atoms with Crippen molar-refractivity contribution in [2.75, 3.05) is 20.2 Å². The second-order valence-corrected chi connectivity index (χ2v) is 4.17. The Balaban J connectivity index is 4.28. The number of nitrogens with one attached hydrogen (secondary N) is 2. The molecule has 19 heavy (non-hydrogen) atoms. The molecule has 112 valence electrons. The maximum atomic E-state index is 11.9. The molecule has 0 aliphatic heterocycles. The molecule has 0 aromatic heterocycles. The second kappa shape index (κ2) is 7.98. The van der Waals surface area contributed by atoms with Gasteiger partial charge >= 0.3 is 12.1 Å². The number of halogens is 3. The summed E-state index contributed by atoms with van der Waals surface area (Å²) in [5.74, 6) is -1.46. The van der Waals surface area contributed by atoms with E-state index >= 15 is 0 Å². The van der Waals surface area contributed by atoms with Crippen LogP contribution < -0.4 is 10.6 Å². The van der Waals surface area contributed by atoms with Crippen molar-refractivity contribution in [2.24, 2.45) is 5.92 Å². The molecule has 0 fully saturated rings. The van der Waals surface area contributed by atoms with E-state index in [-0.39, 0.29) is 5.92 Å². The average Bonchev–Trinajstić information content (AvgIpc) is 2.32. The van der Waals surface area contributed by atoms with E-state index in [0.29, 0.717) is 6.42 Å². The van der Waals surface area contributed by atoms with E-state index < -0.39 is 37.2 Å². The highest BCUT2D eigenvalue weighted by molar-refractivity contribution is 5.85. The Hall–Kier alpha value is -1.31. The van der Waals surface area contributed by atoms with Crippen molar-refractivity contribution < 1.29 is 27.5 Å². The number of amides is 1. The van der Waals surface area contributed by atoms with Crippen LogP contribution >= 0.6 is 0 Å². The molecule has 8 heteroatoms. The number of hydrogen-bond acceptors (Lipinski definition) is 4. The molecule has 0 aromatic carbocycles. The molecule has 0 aliphatic carbocycles. The second-order valence-electron chi connectivity index (χ2n) is 4.17. The lowest BCUT2D eigenvalue weighted by molar-refractivity contribution is -0.146. The fourth-order valence-electron chi connectivity index (χ4n) is 1.34. The summed E-state index contributed by atoms with van der Waals surface area (Å²) in [5, 5.41) is 4.32. The normalized spacial score (nSPS) is 14.6. The summed E-state index contributed by atoms with van der Waals surface area (Å²) in [4.78, 5) is 22.9. The van der Waals surface area contributed by atoms with Crippen LogP contribution in [-0.4, -0.2) is 44.3 Å². The van der Waals surface area contributed by atoms with Crippen molar-refractivity contribution in [3.63, 3.8) is 0 Å². The number of alkyl halides is 3. The molecule has 0 bridgehead atoms. The van der Waals surface area contributed by atoms with Crippen molar-refractivity contribution in [3.05, 3.63) is 0 Å². The minimum Gasteiger partial charge on any atom is -0.467 e. The summed E-state index contributed by atoms with van der Waals surface area (Å²) in [6, 6.07) is -0.852. The fourth-order valence-corrected chi connectivity index (χ4v) is 1.34. The predicted octanol–water partition coefficient (Wildman–Crippen LogP) is 0.842. The van der Waals surface area contributed by atoms with Gasteiger partial charge in [0.2, 0.25) is 5.91 Å². The lowest BCUT2D eigenvalue weighted by atomic mass is 9.99. The number of esters is 1. The van der Waals surface area contributed by atoms with E-state index in [1.807, 2.05) is 12.2 Å². The molecule has 0 saturated carbocycles. The van der Waals surface area contributed by atoms with Crippen LogP contribution in [0, 0.1) is 5.92 Å². The van der Waals surface area contributed by atoms with Crippen molar-refractivity contribution in [1.82, 2.24) is 10.6 Å². The van der Waals surface area contributed by atoms with Crippen LogP contribution in [-0.2, 0) is 14.3 Å². The first-order chi connectivity index (χ1) is 8.71. The first kappa shape index (κ1) is 17.7. The van der Waals surface area contributed by atoms with Gasteiger partial charge < -0.3 is 15.4 Å². The van der Waals surface area contributed by atoms with Gasteiger partial charge in [-0.1, -0.05) is 20.3 Å². The molecule has 0 radical (unpaired) electrons. The molecular weight excluding hydrogens is 265 g/mol. The van der Waals surface area contributed by atoms with Crippen molar-refractivity contribution >= 4 is 11.9 Å². The smallest absolute Gasteiger partial charge is 0.401 e. The molecule has 0 spiro atoms. The van der Waals surface area contributed by atoms with E-state index in [0.717, 1.165) is 0 Å². The van der Waals surface area contributed by atoms with Crippen LogP contribution in [0.3, 0.4) is 0 Å². The summed E-state index contributed by atoms with van der Waals surface area (Å²) in [6.07, 6.45) is -3.76. The number of methoxy groups -OCH3 is 1. The number of carbonyl (C=O) groups is 2. The Kier molecular flexibility index (Phi) is 7.43. The van der Waals surface area contributed by atoms with E-state index in [2.05, 4.69) is 10.1 Å². The zero-order valence-corrected chi connectivity index (χ0v) is 11.1. The molecular formula is C11H19F3N2O3. The molecule has 2 unspecified atom stereocenters. The van der Waals surface area contributed by atoms with Crippen LogP contribution in [0.2, 0.25) is 0 Å². The Morgan fingerprint density at radius 2 is 1.89 bits per heavy atom. The van der Waals surface area contributed by atoms with Crippen LogP contribution in [0.15, 0.2) is 0 Å². The molecule has 5 nitrogen and oxygen atoms in total. The lowest BCUT2D eigenvalue weighted by Crippen LogP contribution is -2.49. The van der Waals surface area contributed by atoms with Gasteiger partial charge in [-0.3, -0.25) is 4.79 Å². The van der Waals surface area contributed by atoms with E-state index in [4.69, 9.17) is 0 Å². The zero-order chi connectivity index (χ0) is 15.1. The van der Waals surface area contributed by atoms with Gasteiger partial charge in [-0.05, 0) is 5.92 Å². The molecule has 0 saturated heterocycles. The summed E-state index contributed by atoms with van der Waals surface area (Å²) < 4.78 is 40.1. The van der Waals surface area contributed by atoms with E-state index in [1.165, 1.54) is 7.11 Å². The molecule has 2 atom stereocenters. The maximum Gasteiger partial charge on any atom is 0.401 e. The van der Waals surface area contributed by atoms with Gasteiger partial charge in [0, 0.05) is 0 Å². The summed E-state index contributed by atoms with van der Waals surface area (Å²) in [5.41, 5.74) is 0. The minimum atomic E-state index is -4.38. The van der Waals surface area contributed by atoms with Crippen molar-refractivity contribution in [3.8, 4) is 0 Å². The Morgan fingerprint density at radius 3 is 2.32 bits per heavy atom. The van der Waals surface area contributed by atoms with Gasteiger partial charge in [0.15, 0.2) is 0 Å². The van der Waals surface area contributed by atoms with E-state index in [1.54, 1.807) is 6.92 Å². The van der Waals surface area contributed by atoms with Crippen LogP contribution in [0.1, 0.15) is 20.3 Å². The monoisotopic (exact) mass is 284 g/mol. The summed E-state index contributed by atoms with van der Waals surface area (Å²) >= 11 is 0. The van der Waals surface area contributed by atoms with Crippen LogP contribution in [0.4, 0.5) is 13.2 Å². The standard InChI is InChI=1S/C11H19F3N2O3/c1-4-7(2)9(10(18)19-3)16-8(17)5-15-6-11(12,13)14/h7,9,15H,4-6H2,1-3H3,(H,16,17). The average molecular weight is 284 g/mol. The Labute approximate surface area is 109 Å². The number of ether oxygens (including phenoxy) is 1. The van der Waals surface area contributed by atoms with Gasteiger partial charge in [0.25, 0.3) is 0 Å². The highest BCUT2D eigenvalue weighted by Crippen LogP contribution is 2.12. The number of hydrogen-bond donors (Lipinski definition) is 2. The van der Waals surface area contributed by atoms with Crippen molar-refractivity contribution in [1.29, 1.82) is 0 Å². The zero-order valence-electron chi connectivity index (χ0n) is 11.1. The predicted molar refractivity (Wildman–Crippen MR) is 62.3 cm³/mol. The molecule has 0 aliphatic rings. The highest BCUT2D eigenvalue weighted by atomic mass is 19.4. The Bertz CT molecular complexity index is 308. The quantitative estimate of drug-likeness (QED) is 0.680. The summed E-state index contributed by atoms with van der Waals surface area (Å²) in [6.45, 7) is 1.80. The third-order valence-corrected chi connectivity index (χ3v) is 2.60. The third kappa shape index (κ3) is 7.66. The molecule has 0 rings (SSSR count). The molecule has 0 heterocycles. The van der Waals surface area contributed by atoms with Gasteiger partial charge in [-0.15, -0.1) is 0 Å². The van der Waals surface area contributed by atoms with Crippen molar-refractivity contribution in [2.45, 2.75) is 32.5 Å². The largest absolute Gasteiger partial charge is 0.467 e. The molecule has 2 N–H and O–H groups in total. The Morgan fingerprint density at radius 1 is 1.32 bits per heavy atom.